The first-order valence-electron chi connectivity index (χ1n) is 9.96. The number of aromatic nitrogens is 2. The molecule has 0 aliphatic rings. The van der Waals surface area contributed by atoms with E-state index in [0.29, 0.717) is 11.4 Å². The second-order valence-corrected chi connectivity index (χ2v) is 9.12. The monoisotopic (exact) mass is 446 g/mol. The fourth-order valence-corrected chi connectivity index (χ4v) is 4.47. The topological polar surface area (TPSA) is 84.3 Å². The smallest absolute Gasteiger partial charge is 0.264 e. The zero-order valence-electron chi connectivity index (χ0n) is 17.4. The molecule has 0 bridgehead atoms. The van der Waals surface area contributed by atoms with Crippen LogP contribution in [-0.2, 0) is 21.4 Å². The largest absolute Gasteiger partial charge is 0.324 e. The van der Waals surface area contributed by atoms with E-state index in [0.717, 1.165) is 11.3 Å². The van der Waals surface area contributed by atoms with Crippen molar-refractivity contribution >= 4 is 27.3 Å². The van der Waals surface area contributed by atoms with Gasteiger partial charge < -0.3 is 5.32 Å². The average molecular weight is 447 g/mol. The minimum absolute atomic E-state index is 0.00767. The molecule has 0 radical (unpaired) electrons. The third kappa shape index (κ3) is 4.70. The summed E-state index contributed by atoms with van der Waals surface area (Å²) in [5, 5.41) is 7.18. The SMILES string of the molecule is CN(c1ccccc1)S(=O)(=O)c1cccc(NC(=O)Cn2ccc(-c3ccccc3)n2)c1. The molecule has 1 amide bonds. The van der Waals surface area contributed by atoms with E-state index in [1.54, 1.807) is 47.3 Å². The van der Waals surface area contributed by atoms with Crippen molar-refractivity contribution in [3.63, 3.8) is 0 Å². The van der Waals surface area contributed by atoms with Crippen molar-refractivity contribution in [3.8, 4) is 11.3 Å². The molecule has 1 N–H and O–H groups in total. The number of amides is 1. The summed E-state index contributed by atoms with van der Waals surface area (Å²) < 4.78 is 28.8. The maximum atomic E-state index is 13.0. The Bertz CT molecular complexity index is 1320. The number of sulfonamides is 1. The first-order valence-corrected chi connectivity index (χ1v) is 11.4. The van der Waals surface area contributed by atoms with E-state index in [9.17, 15) is 13.2 Å². The molecule has 7 nitrogen and oxygen atoms in total. The fraction of sp³-hybridized carbons (Fsp3) is 0.0833. The first kappa shape index (κ1) is 21.3. The number of nitrogens with zero attached hydrogens (tertiary/aromatic N) is 3. The van der Waals surface area contributed by atoms with Crippen LogP contribution in [0.2, 0.25) is 0 Å². The molecule has 162 valence electrons. The van der Waals surface area contributed by atoms with Gasteiger partial charge in [0, 0.05) is 24.5 Å². The van der Waals surface area contributed by atoms with Gasteiger partial charge in [0.05, 0.1) is 16.3 Å². The third-order valence-corrected chi connectivity index (χ3v) is 6.69. The van der Waals surface area contributed by atoms with E-state index in [1.165, 1.54) is 23.5 Å². The molecule has 0 aliphatic heterocycles. The number of para-hydroxylation sites is 1. The van der Waals surface area contributed by atoms with Gasteiger partial charge in [-0.25, -0.2) is 8.42 Å². The molecule has 32 heavy (non-hydrogen) atoms. The molecule has 0 spiro atoms. The van der Waals surface area contributed by atoms with Crippen molar-refractivity contribution in [1.82, 2.24) is 9.78 Å². The summed E-state index contributed by atoms with van der Waals surface area (Å²) in [6, 6.07) is 26.5. The molecule has 0 fully saturated rings. The zero-order valence-corrected chi connectivity index (χ0v) is 18.2. The summed E-state index contributed by atoms with van der Waals surface area (Å²) in [7, 11) is -2.27. The van der Waals surface area contributed by atoms with E-state index < -0.39 is 10.0 Å². The van der Waals surface area contributed by atoms with Crippen molar-refractivity contribution in [3.05, 3.63) is 97.2 Å². The van der Waals surface area contributed by atoms with Gasteiger partial charge in [-0.3, -0.25) is 13.8 Å². The molecule has 1 heterocycles. The van der Waals surface area contributed by atoms with Gasteiger partial charge in [-0.05, 0) is 36.4 Å². The Morgan fingerprint density at radius 3 is 2.34 bits per heavy atom. The summed E-state index contributed by atoms with van der Waals surface area (Å²) in [4.78, 5) is 12.6. The maximum Gasteiger partial charge on any atom is 0.264 e. The highest BCUT2D eigenvalue weighted by Gasteiger charge is 2.21. The summed E-state index contributed by atoms with van der Waals surface area (Å²) in [5.41, 5.74) is 2.69. The van der Waals surface area contributed by atoms with E-state index in [2.05, 4.69) is 10.4 Å². The number of rotatable bonds is 7. The molecule has 4 aromatic rings. The molecule has 0 unspecified atom stereocenters. The third-order valence-electron chi connectivity index (χ3n) is 4.91. The number of hydrogen-bond acceptors (Lipinski definition) is 4. The van der Waals surface area contributed by atoms with Crippen LogP contribution in [0.15, 0.2) is 102 Å². The van der Waals surface area contributed by atoms with Crippen molar-refractivity contribution in [2.24, 2.45) is 0 Å². The maximum absolute atomic E-state index is 13.0. The highest BCUT2D eigenvalue weighted by atomic mass is 32.2. The van der Waals surface area contributed by atoms with Gasteiger partial charge in [-0.1, -0.05) is 54.6 Å². The number of hydrogen-bond donors (Lipinski definition) is 1. The molecule has 0 atom stereocenters. The summed E-state index contributed by atoms with van der Waals surface area (Å²) in [6.45, 7) is 0.00767. The highest BCUT2D eigenvalue weighted by molar-refractivity contribution is 7.92. The summed E-state index contributed by atoms with van der Waals surface area (Å²) in [6.07, 6.45) is 1.73. The van der Waals surface area contributed by atoms with Gasteiger partial charge in [0.15, 0.2) is 0 Å². The van der Waals surface area contributed by atoms with Gasteiger partial charge >= 0.3 is 0 Å². The van der Waals surface area contributed by atoms with Crippen molar-refractivity contribution in [2.45, 2.75) is 11.4 Å². The number of carbonyl (C=O) groups is 1. The Balaban J connectivity index is 1.46. The zero-order chi connectivity index (χ0) is 22.6. The van der Waals surface area contributed by atoms with Gasteiger partial charge in [0.25, 0.3) is 10.0 Å². The van der Waals surface area contributed by atoms with Crippen LogP contribution in [0.25, 0.3) is 11.3 Å². The predicted molar refractivity (Wildman–Crippen MR) is 125 cm³/mol. The van der Waals surface area contributed by atoms with Gasteiger partial charge in [-0.15, -0.1) is 0 Å². The van der Waals surface area contributed by atoms with Gasteiger partial charge in [0.2, 0.25) is 5.91 Å². The lowest BCUT2D eigenvalue weighted by Gasteiger charge is -2.19. The van der Waals surface area contributed by atoms with Crippen LogP contribution in [0.3, 0.4) is 0 Å². The predicted octanol–water partition coefficient (Wildman–Crippen LogP) is 4.01. The lowest BCUT2D eigenvalue weighted by Crippen LogP contribution is -2.26. The van der Waals surface area contributed by atoms with Crippen LogP contribution < -0.4 is 9.62 Å². The molecule has 3 aromatic carbocycles. The minimum atomic E-state index is -3.77. The average Bonchev–Trinajstić information content (AvgIpc) is 3.28. The lowest BCUT2D eigenvalue weighted by atomic mass is 10.2. The van der Waals surface area contributed by atoms with E-state index in [1.807, 2.05) is 42.5 Å². The number of carbonyl (C=O) groups excluding carboxylic acids is 1. The standard InChI is InChI=1S/C24H22N4O3S/c1-27(21-12-6-3-7-13-21)32(30,31)22-14-8-11-20(17-22)25-24(29)18-28-16-15-23(26-28)19-9-4-2-5-10-19/h2-17H,18H2,1H3,(H,25,29). The Hall–Kier alpha value is -3.91. The molecule has 0 saturated carbocycles. The molecule has 4 rings (SSSR count). The highest BCUT2D eigenvalue weighted by Crippen LogP contribution is 2.23. The van der Waals surface area contributed by atoms with E-state index in [4.69, 9.17) is 0 Å². The van der Waals surface area contributed by atoms with Crippen molar-refractivity contribution in [1.29, 1.82) is 0 Å². The molecule has 0 aliphatic carbocycles. The van der Waals surface area contributed by atoms with Gasteiger partial charge in [-0.2, -0.15) is 5.10 Å². The van der Waals surface area contributed by atoms with Gasteiger partial charge in [0.1, 0.15) is 6.54 Å². The minimum Gasteiger partial charge on any atom is -0.324 e. The molecular formula is C24H22N4O3S. The fourth-order valence-electron chi connectivity index (χ4n) is 3.23. The summed E-state index contributed by atoms with van der Waals surface area (Å²) in [5.74, 6) is -0.307. The number of anilines is 2. The number of nitrogens with one attached hydrogen (secondary N) is 1. The second kappa shape index (κ2) is 9.07. The lowest BCUT2D eigenvalue weighted by molar-refractivity contribution is -0.116. The van der Waals surface area contributed by atoms with Crippen LogP contribution in [-0.4, -0.2) is 31.2 Å². The van der Waals surface area contributed by atoms with Crippen LogP contribution in [0.4, 0.5) is 11.4 Å². The van der Waals surface area contributed by atoms with Crippen LogP contribution in [0, 0.1) is 0 Å². The molecule has 8 heteroatoms. The normalized spacial score (nSPS) is 11.2. The molecule has 1 aromatic heterocycles. The molecule has 0 saturated heterocycles. The van der Waals surface area contributed by atoms with E-state index >= 15 is 0 Å². The second-order valence-electron chi connectivity index (χ2n) is 7.15. The Labute approximate surface area is 187 Å². The van der Waals surface area contributed by atoms with Crippen LogP contribution in [0.1, 0.15) is 0 Å². The van der Waals surface area contributed by atoms with Crippen LogP contribution in [0.5, 0.6) is 0 Å². The van der Waals surface area contributed by atoms with Crippen molar-refractivity contribution in [2.75, 3.05) is 16.7 Å². The quantitative estimate of drug-likeness (QED) is 0.465. The number of benzene rings is 3. The summed E-state index contributed by atoms with van der Waals surface area (Å²) >= 11 is 0. The Morgan fingerprint density at radius 2 is 1.62 bits per heavy atom. The van der Waals surface area contributed by atoms with E-state index in [-0.39, 0.29) is 17.3 Å². The van der Waals surface area contributed by atoms with Crippen molar-refractivity contribution < 1.29 is 13.2 Å². The Morgan fingerprint density at radius 1 is 0.938 bits per heavy atom. The Kier molecular flexibility index (Phi) is 6.04. The molecular weight excluding hydrogens is 424 g/mol. The first-order chi connectivity index (χ1) is 15.4. The van der Waals surface area contributed by atoms with Crippen LogP contribution >= 0.6 is 0 Å².